The highest BCUT2D eigenvalue weighted by atomic mass is 32.2. The Balaban J connectivity index is 2.01. The van der Waals surface area contributed by atoms with Crippen molar-refractivity contribution in [1.29, 1.82) is 0 Å². The van der Waals surface area contributed by atoms with Crippen LogP contribution in [0.25, 0.3) is 0 Å². The van der Waals surface area contributed by atoms with Crippen LogP contribution in [0.15, 0.2) is 4.99 Å². The highest BCUT2D eigenvalue weighted by Gasteiger charge is 2.26. The van der Waals surface area contributed by atoms with Gasteiger partial charge in [-0.05, 0) is 6.42 Å². The molecule has 0 aromatic carbocycles. The number of hydrogen-bond donors (Lipinski definition) is 1. The molecule has 17 heavy (non-hydrogen) atoms. The first-order valence-electron chi connectivity index (χ1n) is 5.78. The van der Waals surface area contributed by atoms with Gasteiger partial charge in [0.1, 0.15) is 6.04 Å². The summed E-state index contributed by atoms with van der Waals surface area (Å²) < 4.78 is 22.7. The molecule has 0 spiro atoms. The molecule has 2 N–H and O–H groups in total. The second kappa shape index (κ2) is 5.17. The van der Waals surface area contributed by atoms with Gasteiger partial charge in [-0.1, -0.05) is 11.8 Å². The molecule has 5 nitrogen and oxygen atoms in total. The van der Waals surface area contributed by atoms with E-state index in [-0.39, 0.29) is 23.6 Å². The maximum Gasteiger partial charge on any atom is 0.152 e. The molecule has 0 saturated carbocycles. The van der Waals surface area contributed by atoms with E-state index in [1.807, 2.05) is 0 Å². The van der Waals surface area contributed by atoms with Gasteiger partial charge in [-0.2, -0.15) is 0 Å². The fraction of sp³-hybridized carbons (Fsp3) is 0.727. The lowest BCUT2D eigenvalue weighted by Gasteiger charge is -2.31. The van der Waals surface area contributed by atoms with Gasteiger partial charge in [0.15, 0.2) is 9.84 Å². The molecule has 0 aromatic heterocycles. The Morgan fingerprint density at radius 3 is 2.71 bits per heavy atom. The fourth-order valence-corrected chi connectivity index (χ4v) is 3.23. The molecule has 2 atom stereocenters. The third-order valence-corrected chi connectivity index (χ3v) is 4.64. The standard InChI is InChI=1S/C11H17N3O2S/c12-10-1-2-11(3-4-13-9-10)14-5-7-17(15,16)8-6-14/h9-11H,3-8,12H2. The number of nitrogens with zero attached hydrogens (tertiary/aromatic N) is 2. The third-order valence-electron chi connectivity index (χ3n) is 3.03. The van der Waals surface area contributed by atoms with E-state index in [0.717, 1.165) is 6.42 Å². The topological polar surface area (TPSA) is 75.8 Å². The zero-order valence-corrected chi connectivity index (χ0v) is 10.5. The molecule has 1 saturated heterocycles. The molecule has 0 aliphatic carbocycles. The summed E-state index contributed by atoms with van der Waals surface area (Å²) in [6.07, 6.45) is 2.51. The Morgan fingerprint density at radius 1 is 1.29 bits per heavy atom. The second-order valence-electron chi connectivity index (χ2n) is 4.36. The van der Waals surface area contributed by atoms with Crippen molar-refractivity contribution in [3.05, 3.63) is 0 Å². The van der Waals surface area contributed by atoms with Gasteiger partial charge in [0.05, 0.1) is 17.5 Å². The summed E-state index contributed by atoms with van der Waals surface area (Å²) in [5, 5.41) is 0. The van der Waals surface area contributed by atoms with Crippen molar-refractivity contribution in [2.24, 2.45) is 10.7 Å². The molecule has 94 valence electrons. The van der Waals surface area contributed by atoms with Gasteiger partial charge < -0.3 is 5.73 Å². The Kier molecular flexibility index (Phi) is 3.82. The Hall–Kier alpha value is -0.900. The molecule has 0 aromatic rings. The summed E-state index contributed by atoms with van der Waals surface area (Å²) in [5.74, 6) is 6.55. The normalized spacial score (nSPS) is 33.2. The van der Waals surface area contributed by atoms with Gasteiger partial charge >= 0.3 is 0 Å². The summed E-state index contributed by atoms with van der Waals surface area (Å²) in [4.78, 5) is 6.31. The van der Waals surface area contributed by atoms with Gasteiger partial charge in [0.2, 0.25) is 0 Å². The number of hydrogen-bond acceptors (Lipinski definition) is 5. The molecule has 1 fully saturated rings. The molecule has 6 heteroatoms. The van der Waals surface area contributed by atoms with E-state index in [0.29, 0.717) is 19.6 Å². The molecular formula is C11H17N3O2S. The number of nitrogens with two attached hydrogens (primary N) is 1. The van der Waals surface area contributed by atoms with Crippen LogP contribution in [0.2, 0.25) is 0 Å². The minimum atomic E-state index is -2.83. The van der Waals surface area contributed by atoms with Crippen molar-refractivity contribution in [3.8, 4) is 11.8 Å². The maximum atomic E-state index is 11.3. The highest BCUT2D eigenvalue weighted by molar-refractivity contribution is 7.91. The molecule has 2 heterocycles. The molecule has 2 aliphatic rings. The highest BCUT2D eigenvalue weighted by Crippen LogP contribution is 2.11. The van der Waals surface area contributed by atoms with Crippen LogP contribution in [0.1, 0.15) is 6.42 Å². The Labute approximate surface area is 102 Å². The van der Waals surface area contributed by atoms with Crippen LogP contribution in [-0.2, 0) is 9.84 Å². The van der Waals surface area contributed by atoms with Gasteiger partial charge in [-0.25, -0.2) is 8.42 Å². The predicted molar refractivity (Wildman–Crippen MR) is 67.7 cm³/mol. The first-order valence-corrected chi connectivity index (χ1v) is 7.60. The van der Waals surface area contributed by atoms with E-state index in [1.165, 1.54) is 0 Å². The average Bonchev–Trinajstić information content (AvgIpc) is 2.25. The van der Waals surface area contributed by atoms with Crippen molar-refractivity contribution in [3.63, 3.8) is 0 Å². The molecule has 0 amide bonds. The predicted octanol–water partition coefficient (Wildman–Crippen LogP) is -1.11. The van der Waals surface area contributed by atoms with Gasteiger partial charge in [-0.3, -0.25) is 9.89 Å². The molecule has 0 radical (unpaired) electrons. The largest absolute Gasteiger partial charge is 0.313 e. The fourth-order valence-electron chi connectivity index (χ4n) is 2.00. The summed E-state index contributed by atoms with van der Waals surface area (Å²) in [7, 11) is -2.83. The van der Waals surface area contributed by atoms with E-state index >= 15 is 0 Å². The third kappa shape index (κ3) is 3.53. The van der Waals surface area contributed by atoms with Crippen LogP contribution >= 0.6 is 0 Å². The van der Waals surface area contributed by atoms with Crippen LogP contribution in [0.3, 0.4) is 0 Å². The van der Waals surface area contributed by atoms with E-state index in [1.54, 1.807) is 6.21 Å². The van der Waals surface area contributed by atoms with E-state index < -0.39 is 9.84 Å². The first kappa shape index (κ1) is 12.6. The van der Waals surface area contributed by atoms with Crippen LogP contribution in [-0.4, -0.2) is 62.8 Å². The van der Waals surface area contributed by atoms with Crippen molar-refractivity contribution in [2.45, 2.75) is 18.5 Å². The lowest BCUT2D eigenvalue weighted by Crippen LogP contribution is -2.46. The minimum absolute atomic E-state index is 0.0917. The van der Waals surface area contributed by atoms with Crippen molar-refractivity contribution < 1.29 is 8.42 Å². The van der Waals surface area contributed by atoms with Crippen LogP contribution in [0.4, 0.5) is 0 Å². The van der Waals surface area contributed by atoms with E-state index in [2.05, 4.69) is 21.7 Å². The number of sulfone groups is 1. The summed E-state index contributed by atoms with van der Waals surface area (Å²) in [6.45, 7) is 1.84. The van der Waals surface area contributed by atoms with E-state index in [9.17, 15) is 8.42 Å². The average molecular weight is 255 g/mol. The Bertz CT molecular complexity index is 447. The summed E-state index contributed by atoms with van der Waals surface area (Å²) in [6, 6.07) is -0.208. The van der Waals surface area contributed by atoms with Crippen molar-refractivity contribution in [2.75, 3.05) is 31.1 Å². The van der Waals surface area contributed by atoms with Crippen LogP contribution < -0.4 is 5.73 Å². The quantitative estimate of drug-likeness (QED) is 0.603. The van der Waals surface area contributed by atoms with Gasteiger partial charge in [0, 0.05) is 25.8 Å². The van der Waals surface area contributed by atoms with Gasteiger partial charge in [0.25, 0.3) is 0 Å². The molecule has 2 rings (SSSR count). The first-order chi connectivity index (χ1) is 8.07. The molecular weight excluding hydrogens is 238 g/mol. The monoisotopic (exact) mass is 255 g/mol. The van der Waals surface area contributed by atoms with Crippen molar-refractivity contribution >= 4 is 16.1 Å². The summed E-state index contributed by atoms with van der Waals surface area (Å²) in [5.41, 5.74) is 5.70. The lowest BCUT2D eigenvalue weighted by molar-refractivity contribution is 0.247. The second-order valence-corrected chi connectivity index (χ2v) is 6.67. The Morgan fingerprint density at radius 2 is 2.00 bits per heavy atom. The molecule has 2 unspecified atom stereocenters. The van der Waals surface area contributed by atoms with Gasteiger partial charge in [-0.15, -0.1) is 0 Å². The summed E-state index contributed by atoms with van der Waals surface area (Å²) >= 11 is 0. The SMILES string of the molecule is NC1C#CC(N2CCS(=O)(=O)CC2)CCN=C1. The molecule has 0 bridgehead atoms. The zero-order chi connectivity index (χ0) is 12.3. The molecule has 2 aliphatic heterocycles. The zero-order valence-electron chi connectivity index (χ0n) is 9.67. The van der Waals surface area contributed by atoms with Crippen LogP contribution in [0.5, 0.6) is 0 Å². The lowest BCUT2D eigenvalue weighted by atomic mass is 10.1. The number of rotatable bonds is 1. The van der Waals surface area contributed by atoms with Crippen molar-refractivity contribution in [1.82, 2.24) is 4.90 Å². The smallest absolute Gasteiger partial charge is 0.152 e. The maximum absolute atomic E-state index is 11.3. The van der Waals surface area contributed by atoms with Crippen LogP contribution in [0, 0.1) is 11.8 Å². The minimum Gasteiger partial charge on any atom is -0.313 e. The number of aliphatic imine (C=N–C) groups is 1. The van der Waals surface area contributed by atoms with E-state index in [4.69, 9.17) is 5.73 Å².